The van der Waals surface area contributed by atoms with Gasteiger partial charge in [0.25, 0.3) is 0 Å². The molecule has 0 aliphatic carbocycles. The first-order valence-electron chi connectivity index (χ1n) is 10.0. The molecule has 12 nitrogen and oxygen atoms in total. The molecule has 0 unspecified atom stereocenters. The Bertz CT molecular complexity index is 1000. The van der Waals surface area contributed by atoms with Crippen molar-refractivity contribution in [2.45, 2.75) is 13.8 Å². The maximum atomic E-state index is 11.2. The third-order valence-electron chi connectivity index (χ3n) is 3.65. The Labute approximate surface area is 201 Å². The molecule has 2 aromatic rings. The molecule has 0 heterocycles. The lowest BCUT2D eigenvalue weighted by atomic mass is 10.3. The lowest BCUT2D eigenvalue weighted by molar-refractivity contribution is -0.158. The van der Waals surface area contributed by atoms with Gasteiger partial charge >= 0.3 is 17.9 Å². The highest BCUT2D eigenvalue weighted by atomic mass is 16.6. The van der Waals surface area contributed by atoms with Crippen LogP contribution in [0.1, 0.15) is 13.8 Å². The van der Waals surface area contributed by atoms with Gasteiger partial charge in [-0.05, 0) is 48.5 Å². The van der Waals surface area contributed by atoms with Crippen molar-refractivity contribution >= 4 is 41.1 Å². The summed E-state index contributed by atoms with van der Waals surface area (Å²) in [5, 5.41) is 13.6. The number of carbonyl (C=O) groups excluding carboxylic acids is 4. The van der Waals surface area contributed by atoms with Crippen molar-refractivity contribution in [3.8, 4) is 11.5 Å². The van der Waals surface area contributed by atoms with Crippen molar-refractivity contribution in [1.82, 2.24) is 0 Å². The zero-order chi connectivity index (χ0) is 26.2. The minimum atomic E-state index is -1.03. The lowest BCUT2D eigenvalue weighted by Crippen LogP contribution is -2.20. The molecule has 2 rings (SSSR count). The van der Waals surface area contributed by atoms with Crippen LogP contribution in [0, 0.1) is 0 Å². The van der Waals surface area contributed by atoms with Crippen LogP contribution in [0.5, 0.6) is 11.5 Å². The van der Waals surface area contributed by atoms with Gasteiger partial charge in [0, 0.05) is 25.2 Å². The minimum Gasteiger partial charge on any atom is -0.482 e. The van der Waals surface area contributed by atoms with Crippen molar-refractivity contribution in [3.05, 3.63) is 48.5 Å². The first-order chi connectivity index (χ1) is 16.6. The molecule has 12 heteroatoms. The standard InChI is InChI=1S/C13H15NO6.C10H11NO4/c1-9(15)14-10-3-5-11(6-4-10)19-8-13(17)20-7-12(16)18-2;1-7(12)11-8-2-4-9(5-3-8)15-6-10(13)14/h3-6H,7-8H2,1-2H3,(H,14,15);2-5H,6H2,1H3,(H,11,12)(H,13,14). The number of benzene rings is 2. The normalized spacial score (nSPS) is 9.46. The highest BCUT2D eigenvalue weighted by molar-refractivity contribution is 5.89. The number of methoxy groups -OCH3 is 1. The molecule has 35 heavy (non-hydrogen) atoms. The Morgan fingerprint density at radius 1 is 0.686 bits per heavy atom. The summed E-state index contributed by atoms with van der Waals surface area (Å²) in [5.41, 5.74) is 1.27. The van der Waals surface area contributed by atoms with E-state index in [1.54, 1.807) is 48.5 Å². The monoisotopic (exact) mass is 490 g/mol. The number of aliphatic carboxylic acids is 1. The summed E-state index contributed by atoms with van der Waals surface area (Å²) in [6, 6.07) is 12.9. The second-order valence-corrected chi connectivity index (χ2v) is 6.62. The van der Waals surface area contributed by atoms with Gasteiger partial charge in [-0.1, -0.05) is 0 Å². The molecule has 0 radical (unpaired) electrons. The van der Waals surface area contributed by atoms with Gasteiger partial charge in [-0.15, -0.1) is 0 Å². The van der Waals surface area contributed by atoms with E-state index in [0.29, 0.717) is 22.9 Å². The fourth-order valence-electron chi connectivity index (χ4n) is 2.20. The van der Waals surface area contributed by atoms with Crippen LogP contribution in [0.15, 0.2) is 48.5 Å². The third kappa shape index (κ3) is 13.5. The van der Waals surface area contributed by atoms with Crippen LogP contribution >= 0.6 is 0 Å². The van der Waals surface area contributed by atoms with E-state index in [4.69, 9.17) is 14.6 Å². The van der Waals surface area contributed by atoms with E-state index in [2.05, 4.69) is 20.1 Å². The molecular weight excluding hydrogens is 464 g/mol. The third-order valence-corrected chi connectivity index (χ3v) is 3.65. The van der Waals surface area contributed by atoms with Crippen LogP contribution in [0.4, 0.5) is 11.4 Å². The van der Waals surface area contributed by atoms with Crippen LogP contribution in [0.25, 0.3) is 0 Å². The highest BCUT2D eigenvalue weighted by Gasteiger charge is 2.08. The molecule has 0 aliphatic heterocycles. The van der Waals surface area contributed by atoms with Gasteiger partial charge in [0.2, 0.25) is 11.8 Å². The molecule has 3 N–H and O–H groups in total. The average molecular weight is 490 g/mol. The summed E-state index contributed by atoms with van der Waals surface area (Å²) in [6.45, 7) is 1.67. The van der Waals surface area contributed by atoms with E-state index in [1.807, 2.05) is 0 Å². The maximum Gasteiger partial charge on any atom is 0.344 e. The van der Waals surface area contributed by atoms with E-state index in [9.17, 15) is 24.0 Å². The number of anilines is 2. The minimum absolute atomic E-state index is 0.158. The molecule has 0 fully saturated rings. The van der Waals surface area contributed by atoms with Gasteiger partial charge in [-0.2, -0.15) is 0 Å². The van der Waals surface area contributed by atoms with Gasteiger partial charge in [-0.3, -0.25) is 9.59 Å². The summed E-state index contributed by atoms with van der Waals surface area (Å²) in [6.07, 6.45) is 0. The Kier molecular flexibility index (Phi) is 12.4. The number of carbonyl (C=O) groups is 5. The Balaban J connectivity index is 0.000000365. The topological polar surface area (TPSA) is 167 Å². The van der Waals surface area contributed by atoms with Gasteiger partial charge in [0.1, 0.15) is 11.5 Å². The maximum absolute atomic E-state index is 11.2. The second-order valence-electron chi connectivity index (χ2n) is 6.62. The summed E-state index contributed by atoms with van der Waals surface area (Å²) < 4.78 is 19.0. The fraction of sp³-hybridized carbons (Fsp3) is 0.261. The van der Waals surface area contributed by atoms with E-state index >= 15 is 0 Å². The second kappa shape index (κ2) is 15.3. The number of ether oxygens (including phenoxy) is 4. The summed E-state index contributed by atoms with van der Waals surface area (Å²) in [7, 11) is 1.20. The highest BCUT2D eigenvalue weighted by Crippen LogP contribution is 2.16. The fourth-order valence-corrected chi connectivity index (χ4v) is 2.20. The van der Waals surface area contributed by atoms with Gasteiger partial charge in [0.05, 0.1) is 7.11 Å². The van der Waals surface area contributed by atoms with Gasteiger partial charge < -0.3 is 34.7 Å². The van der Waals surface area contributed by atoms with Crippen molar-refractivity contribution in [3.63, 3.8) is 0 Å². The summed E-state index contributed by atoms with van der Waals surface area (Å²) in [4.78, 5) is 53.7. The van der Waals surface area contributed by atoms with Crippen LogP contribution in [-0.4, -0.2) is 61.8 Å². The van der Waals surface area contributed by atoms with Crippen LogP contribution in [0.3, 0.4) is 0 Å². The Morgan fingerprint density at radius 2 is 1.11 bits per heavy atom. The number of rotatable bonds is 10. The van der Waals surface area contributed by atoms with Crippen molar-refractivity contribution in [2.75, 3.05) is 37.6 Å². The summed E-state index contributed by atoms with van der Waals surface area (Å²) >= 11 is 0. The molecular formula is C23H26N2O10. The predicted molar refractivity (Wildman–Crippen MR) is 123 cm³/mol. The zero-order valence-electron chi connectivity index (χ0n) is 19.4. The molecule has 0 aliphatic rings. The molecule has 2 aromatic carbocycles. The Hall–Kier alpha value is -4.61. The molecule has 2 amide bonds. The molecule has 188 valence electrons. The quantitative estimate of drug-likeness (QED) is 0.418. The predicted octanol–water partition coefficient (Wildman–Crippen LogP) is 1.85. The van der Waals surface area contributed by atoms with Crippen molar-refractivity contribution < 1.29 is 48.0 Å². The number of carboxylic acids is 1. The molecule has 0 spiro atoms. The number of nitrogens with one attached hydrogen (secondary N) is 2. The summed E-state index contributed by atoms with van der Waals surface area (Å²) in [5.74, 6) is -1.79. The van der Waals surface area contributed by atoms with Crippen molar-refractivity contribution in [2.24, 2.45) is 0 Å². The van der Waals surface area contributed by atoms with Crippen LogP contribution in [-0.2, 0) is 33.4 Å². The average Bonchev–Trinajstić information content (AvgIpc) is 2.81. The number of esters is 2. The van der Waals surface area contributed by atoms with E-state index in [1.165, 1.54) is 21.0 Å². The molecule has 0 saturated carbocycles. The molecule has 0 saturated heterocycles. The van der Waals surface area contributed by atoms with Crippen molar-refractivity contribution in [1.29, 1.82) is 0 Å². The lowest BCUT2D eigenvalue weighted by Gasteiger charge is -2.07. The number of hydrogen-bond donors (Lipinski definition) is 3. The smallest absolute Gasteiger partial charge is 0.344 e. The van der Waals surface area contributed by atoms with Crippen LogP contribution in [0.2, 0.25) is 0 Å². The molecule has 0 atom stereocenters. The molecule has 0 aromatic heterocycles. The number of amides is 2. The number of carboxylic acid groups (broad SMARTS) is 1. The largest absolute Gasteiger partial charge is 0.482 e. The number of hydrogen-bond acceptors (Lipinski definition) is 9. The van der Waals surface area contributed by atoms with E-state index < -0.39 is 24.5 Å². The first kappa shape index (κ1) is 28.4. The van der Waals surface area contributed by atoms with E-state index in [0.717, 1.165) is 0 Å². The van der Waals surface area contributed by atoms with Crippen LogP contribution < -0.4 is 20.1 Å². The van der Waals surface area contributed by atoms with E-state index in [-0.39, 0.29) is 25.0 Å². The molecule has 0 bridgehead atoms. The SMILES string of the molecule is CC(=O)Nc1ccc(OCC(=O)O)cc1.COC(=O)COC(=O)COc1ccc(NC(C)=O)cc1. The zero-order valence-corrected chi connectivity index (χ0v) is 19.4. The first-order valence-corrected chi connectivity index (χ1v) is 10.0. The van der Waals surface area contributed by atoms with Gasteiger partial charge in [0.15, 0.2) is 19.8 Å². The Morgan fingerprint density at radius 3 is 1.49 bits per heavy atom. The van der Waals surface area contributed by atoms with Gasteiger partial charge in [-0.25, -0.2) is 14.4 Å².